The van der Waals surface area contributed by atoms with Crippen LogP contribution in [-0.4, -0.2) is 6.26 Å². The molecule has 0 amide bonds. The number of hydrogen-bond acceptors (Lipinski definition) is 2. The molecule has 0 saturated carbocycles. The van der Waals surface area contributed by atoms with Gasteiger partial charge in [-0.05, 0) is 42.5 Å². The minimum Gasteiger partial charge on any atom is -0.377 e. The van der Waals surface area contributed by atoms with Crippen LogP contribution in [0.3, 0.4) is 0 Å². The summed E-state index contributed by atoms with van der Waals surface area (Å²) in [4.78, 5) is 1.25. The van der Waals surface area contributed by atoms with Crippen LogP contribution >= 0.6 is 11.8 Å². The summed E-state index contributed by atoms with van der Waals surface area (Å²) in [6.45, 7) is 2.02. The van der Waals surface area contributed by atoms with E-state index in [1.165, 1.54) is 10.5 Å². The second-order valence-electron chi connectivity index (χ2n) is 4.89. The van der Waals surface area contributed by atoms with E-state index in [1.807, 2.05) is 13.0 Å². The van der Waals surface area contributed by atoms with Crippen molar-refractivity contribution in [2.24, 2.45) is 0 Å². The van der Waals surface area contributed by atoms with Crippen LogP contribution < -0.4 is 5.32 Å². The van der Waals surface area contributed by atoms with Crippen molar-refractivity contribution in [3.63, 3.8) is 0 Å². The maximum atomic E-state index is 13.8. The first-order valence-electron chi connectivity index (χ1n) is 6.37. The summed E-state index contributed by atoms with van der Waals surface area (Å²) in [6.07, 6.45) is 2.79. The van der Waals surface area contributed by atoms with E-state index >= 15 is 0 Å². The Kier molecular flexibility index (Phi) is 3.23. The maximum absolute atomic E-state index is 13.8. The predicted octanol–water partition coefficient (Wildman–Crippen LogP) is 4.57. The summed E-state index contributed by atoms with van der Waals surface area (Å²) in [6, 6.07) is 12.1. The molecule has 2 aromatic carbocycles. The quantitative estimate of drug-likeness (QED) is 0.805. The normalized spacial score (nSPS) is 17.1. The SMILES string of the molecule is CSc1ccc(C2Cc3c(F)ccc(C)c3N2)cc1. The summed E-state index contributed by atoms with van der Waals surface area (Å²) in [5.74, 6) is -0.101. The number of fused-ring (bicyclic) bond motifs is 1. The smallest absolute Gasteiger partial charge is 0.128 e. The highest BCUT2D eigenvalue weighted by Gasteiger charge is 2.25. The molecule has 1 heterocycles. The molecule has 1 atom stereocenters. The zero-order valence-electron chi connectivity index (χ0n) is 11.0. The third kappa shape index (κ3) is 2.23. The van der Waals surface area contributed by atoms with Crippen LogP contribution in [0.15, 0.2) is 41.3 Å². The lowest BCUT2D eigenvalue weighted by Crippen LogP contribution is -2.05. The fraction of sp³-hybridized carbons (Fsp3) is 0.250. The molecule has 0 aromatic heterocycles. The van der Waals surface area contributed by atoms with E-state index in [4.69, 9.17) is 0 Å². The van der Waals surface area contributed by atoms with E-state index in [0.29, 0.717) is 0 Å². The second-order valence-corrected chi connectivity index (χ2v) is 5.77. The van der Waals surface area contributed by atoms with E-state index in [0.717, 1.165) is 23.2 Å². The Morgan fingerprint density at radius 2 is 1.89 bits per heavy atom. The van der Waals surface area contributed by atoms with E-state index < -0.39 is 0 Å². The Labute approximate surface area is 117 Å². The minimum absolute atomic E-state index is 0.101. The van der Waals surface area contributed by atoms with Crippen molar-refractivity contribution >= 4 is 17.4 Å². The van der Waals surface area contributed by atoms with Crippen molar-refractivity contribution in [1.82, 2.24) is 0 Å². The molecule has 1 nitrogen and oxygen atoms in total. The lowest BCUT2D eigenvalue weighted by Gasteiger charge is -2.12. The third-order valence-electron chi connectivity index (χ3n) is 3.71. The van der Waals surface area contributed by atoms with Gasteiger partial charge in [0.05, 0.1) is 6.04 Å². The van der Waals surface area contributed by atoms with Crippen LogP contribution in [0.25, 0.3) is 0 Å². The highest BCUT2D eigenvalue weighted by Crippen LogP contribution is 2.38. The first-order chi connectivity index (χ1) is 9.19. The van der Waals surface area contributed by atoms with Gasteiger partial charge in [0.15, 0.2) is 0 Å². The Bertz CT molecular complexity index is 576. The number of aryl methyl sites for hydroxylation is 1. The molecule has 98 valence electrons. The third-order valence-corrected chi connectivity index (χ3v) is 4.45. The molecule has 0 radical (unpaired) electrons. The van der Waals surface area contributed by atoms with Gasteiger partial charge in [0.2, 0.25) is 0 Å². The topological polar surface area (TPSA) is 12.0 Å². The van der Waals surface area contributed by atoms with Crippen molar-refractivity contribution in [1.29, 1.82) is 0 Å². The monoisotopic (exact) mass is 273 g/mol. The molecule has 1 unspecified atom stereocenters. The van der Waals surface area contributed by atoms with Crippen molar-refractivity contribution in [2.45, 2.75) is 24.3 Å². The average molecular weight is 273 g/mol. The van der Waals surface area contributed by atoms with Crippen LogP contribution in [0.5, 0.6) is 0 Å². The molecule has 0 bridgehead atoms. The van der Waals surface area contributed by atoms with Gasteiger partial charge in [-0.25, -0.2) is 4.39 Å². The summed E-state index contributed by atoms with van der Waals surface area (Å²) < 4.78 is 13.8. The van der Waals surface area contributed by atoms with Gasteiger partial charge in [-0.3, -0.25) is 0 Å². The second kappa shape index (κ2) is 4.89. The molecule has 2 aromatic rings. The van der Waals surface area contributed by atoms with Crippen molar-refractivity contribution in [2.75, 3.05) is 11.6 Å². The van der Waals surface area contributed by atoms with Crippen LogP contribution in [0.2, 0.25) is 0 Å². The highest BCUT2D eigenvalue weighted by atomic mass is 32.2. The van der Waals surface area contributed by atoms with E-state index in [9.17, 15) is 4.39 Å². The van der Waals surface area contributed by atoms with Crippen molar-refractivity contribution in [3.8, 4) is 0 Å². The van der Waals surface area contributed by atoms with E-state index in [2.05, 4.69) is 35.8 Å². The average Bonchev–Trinajstić information content (AvgIpc) is 2.89. The van der Waals surface area contributed by atoms with Gasteiger partial charge in [-0.15, -0.1) is 11.8 Å². The Morgan fingerprint density at radius 1 is 1.16 bits per heavy atom. The van der Waals surface area contributed by atoms with Gasteiger partial charge in [0.25, 0.3) is 0 Å². The van der Waals surface area contributed by atoms with Gasteiger partial charge in [-0.2, -0.15) is 0 Å². The largest absolute Gasteiger partial charge is 0.377 e. The summed E-state index contributed by atoms with van der Waals surface area (Å²) in [7, 11) is 0. The Morgan fingerprint density at radius 3 is 2.53 bits per heavy atom. The number of nitrogens with one attached hydrogen (secondary N) is 1. The van der Waals surface area contributed by atoms with E-state index in [-0.39, 0.29) is 11.9 Å². The number of rotatable bonds is 2. The number of benzene rings is 2. The predicted molar refractivity (Wildman–Crippen MR) is 79.4 cm³/mol. The number of anilines is 1. The fourth-order valence-corrected chi connectivity index (χ4v) is 3.02. The minimum atomic E-state index is -0.101. The summed E-state index contributed by atoms with van der Waals surface area (Å²) in [5.41, 5.74) is 4.12. The number of hydrogen-bond donors (Lipinski definition) is 1. The van der Waals surface area contributed by atoms with Gasteiger partial charge in [0, 0.05) is 22.6 Å². The molecule has 1 aliphatic heterocycles. The number of halogens is 1. The fourth-order valence-electron chi connectivity index (χ4n) is 2.61. The Hall–Kier alpha value is -1.48. The van der Waals surface area contributed by atoms with Crippen LogP contribution in [0.1, 0.15) is 22.7 Å². The lowest BCUT2D eigenvalue weighted by atomic mass is 10.0. The van der Waals surface area contributed by atoms with Gasteiger partial charge >= 0.3 is 0 Å². The van der Waals surface area contributed by atoms with Crippen molar-refractivity contribution in [3.05, 3.63) is 58.9 Å². The highest BCUT2D eigenvalue weighted by molar-refractivity contribution is 7.98. The molecule has 1 aliphatic rings. The molecule has 3 rings (SSSR count). The van der Waals surface area contributed by atoms with Crippen LogP contribution in [0.4, 0.5) is 10.1 Å². The zero-order chi connectivity index (χ0) is 13.4. The molecule has 3 heteroatoms. The molecule has 0 saturated heterocycles. The molecular formula is C16H16FNS. The van der Waals surface area contributed by atoms with Crippen molar-refractivity contribution < 1.29 is 4.39 Å². The van der Waals surface area contributed by atoms with Gasteiger partial charge in [-0.1, -0.05) is 18.2 Å². The summed E-state index contributed by atoms with van der Waals surface area (Å²) >= 11 is 1.73. The molecule has 0 aliphatic carbocycles. The molecule has 0 fully saturated rings. The lowest BCUT2D eigenvalue weighted by molar-refractivity contribution is 0.610. The molecular weight excluding hydrogens is 257 g/mol. The van der Waals surface area contributed by atoms with Gasteiger partial charge in [0.1, 0.15) is 5.82 Å². The van der Waals surface area contributed by atoms with Crippen LogP contribution in [-0.2, 0) is 6.42 Å². The van der Waals surface area contributed by atoms with Gasteiger partial charge < -0.3 is 5.32 Å². The first kappa shape index (κ1) is 12.5. The zero-order valence-corrected chi connectivity index (χ0v) is 11.9. The van der Waals surface area contributed by atoms with E-state index in [1.54, 1.807) is 17.8 Å². The molecule has 19 heavy (non-hydrogen) atoms. The standard InChI is InChI=1S/C16H16FNS/c1-10-3-8-14(17)13-9-15(18-16(10)13)11-4-6-12(19-2)7-5-11/h3-8,15,18H,9H2,1-2H3. The first-order valence-corrected chi connectivity index (χ1v) is 7.60. The van der Waals surface area contributed by atoms with Crippen LogP contribution in [0, 0.1) is 12.7 Å². The number of thioether (sulfide) groups is 1. The maximum Gasteiger partial charge on any atom is 0.128 e. The Balaban J connectivity index is 1.90. The molecule has 1 N–H and O–H groups in total. The molecule has 0 spiro atoms. The summed E-state index contributed by atoms with van der Waals surface area (Å²) in [5, 5.41) is 3.45.